The molecule has 116 valence electrons. The van der Waals surface area contributed by atoms with Gasteiger partial charge in [0.15, 0.2) is 0 Å². The van der Waals surface area contributed by atoms with E-state index in [-0.39, 0.29) is 29.8 Å². The number of carbonyl (C=O) groups is 2. The van der Waals surface area contributed by atoms with Crippen LogP contribution in [-0.4, -0.2) is 35.3 Å². The number of hydrogen-bond acceptors (Lipinski definition) is 2. The smallest absolute Gasteiger partial charge is 0.245 e. The van der Waals surface area contributed by atoms with Gasteiger partial charge < -0.3 is 10.2 Å². The van der Waals surface area contributed by atoms with E-state index in [1.165, 1.54) is 12.8 Å². The Hall–Kier alpha value is -1.06. The molecule has 3 unspecified atom stereocenters. The van der Waals surface area contributed by atoms with E-state index in [4.69, 9.17) is 0 Å². The Labute approximate surface area is 123 Å². The van der Waals surface area contributed by atoms with Crippen LogP contribution in [0.3, 0.4) is 0 Å². The van der Waals surface area contributed by atoms with Crippen LogP contribution in [0.25, 0.3) is 0 Å². The number of piperazine rings is 1. The van der Waals surface area contributed by atoms with Crippen molar-refractivity contribution in [3.8, 4) is 0 Å². The van der Waals surface area contributed by atoms with Gasteiger partial charge >= 0.3 is 0 Å². The van der Waals surface area contributed by atoms with Crippen molar-refractivity contribution in [2.45, 2.75) is 72.4 Å². The van der Waals surface area contributed by atoms with E-state index in [0.29, 0.717) is 5.92 Å². The summed E-state index contributed by atoms with van der Waals surface area (Å²) in [6.07, 6.45) is 4.56. The van der Waals surface area contributed by atoms with Crippen LogP contribution in [0.5, 0.6) is 0 Å². The number of unbranched alkanes of at least 4 members (excludes halogenated alkanes) is 1. The van der Waals surface area contributed by atoms with Gasteiger partial charge in [-0.2, -0.15) is 0 Å². The summed E-state index contributed by atoms with van der Waals surface area (Å²) < 4.78 is 0. The number of nitrogens with one attached hydrogen (secondary N) is 1. The molecule has 0 aliphatic carbocycles. The zero-order valence-electron chi connectivity index (χ0n) is 13.6. The highest BCUT2D eigenvalue weighted by atomic mass is 16.2. The van der Waals surface area contributed by atoms with E-state index < -0.39 is 0 Å². The molecule has 0 aromatic heterocycles. The standard InChI is InChI=1S/C16H30N2O2/c1-6-8-9-13(7-2)10-18-14(11(3)4)15(19)17-12(5)16(18)20/h11-14H,6-10H2,1-5H3,(H,17,19). The predicted octanol–water partition coefficient (Wildman–Crippen LogP) is 2.57. The first-order valence-corrected chi connectivity index (χ1v) is 8.03. The third-order valence-corrected chi connectivity index (χ3v) is 4.25. The van der Waals surface area contributed by atoms with Gasteiger partial charge in [-0.1, -0.05) is 47.0 Å². The molecule has 1 N–H and O–H groups in total. The van der Waals surface area contributed by atoms with Gasteiger partial charge in [-0.25, -0.2) is 0 Å². The van der Waals surface area contributed by atoms with E-state index in [2.05, 4.69) is 19.2 Å². The molecule has 20 heavy (non-hydrogen) atoms. The van der Waals surface area contributed by atoms with Crippen molar-refractivity contribution >= 4 is 11.8 Å². The highest BCUT2D eigenvalue weighted by Crippen LogP contribution is 2.22. The number of carbonyl (C=O) groups excluding carboxylic acids is 2. The van der Waals surface area contributed by atoms with Crippen molar-refractivity contribution in [1.82, 2.24) is 10.2 Å². The molecule has 0 spiro atoms. The van der Waals surface area contributed by atoms with Crippen LogP contribution in [0.1, 0.15) is 60.3 Å². The highest BCUT2D eigenvalue weighted by Gasteiger charge is 2.40. The van der Waals surface area contributed by atoms with Gasteiger partial charge in [-0.15, -0.1) is 0 Å². The van der Waals surface area contributed by atoms with E-state index >= 15 is 0 Å². The third-order valence-electron chi connectivity index (χ3n) is 4.25. The van der Waals surface area contributed by atoms with Crippen LogP contribution < -0.4 is 5.32 Å². The summed E-state index contributed by atoms with van der Waals surface area (Å²) in [6, 6.07) is -0.699. The van der Waals surface area contributed by atoms with Crippen LogP contribution in [-0.2, 0) is 9.59 Å². The molecule has 2 amide bonds. The van der Waals surface area contributed by atoms with Gasteiger partial charge in [-0.05, 0) is 25.2 Å². The minimum atomic E-state index is -0.388. The summed E-state index contributed by atoms with van der Waals surface area (Å²) in [4.78, 5) is 26.4. The second-order valence-corrected chi connectivity index (χ2v) is 6.33. The highest BCUT2D eigenvalue weighted by molar-refractivity contribution is 5.96. The predicted molar refractivity (Wildman–Crippen MR) is 81.2 cm³/mol. The second-order valence-electron chi connectivity index (χ2n) is 6.33. The lowest BCUT2D eigenvalue weighted by Gasteiger charge is -2.41. The monoisotopic (exact) mass is 282 g/mol. The summed E-state index contributed by atoms with van der Waals surface area (Å²) in [7, 11) is 0. The molecule has 0 saturated carbocycles. The fourth-order valence-electron chi connectivity index (χ4n) is 2.95. The topological polar surface area (TPSA) is 49.4 Å². The number of rotatable bonds is 7. The summed E-state index contributed by atoms with van der Waals surface area (Å²) in [5.74, 6) is 0.712. The molecule has 1 saturated heterocycles. The van der Waals surface area contributed by atoms with E-state index in [0.717, 1.165) is 19.4 Å². The molecule has 0 aromatic rings. The maximum absolute atomic E-state index is 12.4. The van der Waals surface area contributed by atoms with E-state index in [9.17, 15) is 9.59 Å². The lowest BCUT2D eigenvalue weighted by molar-refractivity contribution is -0.151. The summed E-state index contributed by atoms with van der Waals surface area (Å²) in [5, 5.41) is 2.79. The molecule has 1 heterocycles. The Balaban J connectivity index is 2.83. The van der Waals surface area contributed by atoms with Crippen LogP contribution in [0.15, 0.2) is 0 Å². The van der Waals surface area contributed by atoms with Crippen molar-refractivity contribution in [3.63, 3.8) is 0 Å². The van der Waals surface area contributed by atoms with Gasteiger partial charge in [0.2, 0.25) is 11.8 Å². The summed E-state index contributed by atoms with van der Waals surface area (Å²) >= 11 is 0. The normalized spacial score (nSPS) is 25.0. The lowest BCUT2D eigenvalue weighted by Crippen LogP contribution is -2.64. The average Bonchev–Trinajstić information content (AvgIpc) is 2.39. The minimum absolute atomic E-state index is 0.00237. The van der Waals surface area contributed by atoms with Gasteiger partial charge in [0, 0.05) is 6.54 Å². The Morgan fingerprint density at radius 3 is 2.40 bits per heavy atom. The maximum atomic E-state index is 12.4. The lowest BCUT2D eigenvalue weighted by atomic mass is 9.93. The average molecular weight is 282 g/mol. The number of amides is 2. The molecular weight excluding hydrogens is 252 g/mol. The van der Waals surface area contributed by atoms with Crippen molar-refractivity contribution in [2.75, 3.05) is 6.54 Å². The maximum Gasteiger partial charge on any atom is 0.245 e. The van der Waals surface area contributed by atoms with E-state index in [1.807, 2.05) is 18.7 Å². The Morgan fingerprint density at radius 1 is 1.25 bits per heavy atom. The van der Waals surface area contributed by atoms with Crippen LogP contribution in [0, 0.1) is 11.8 Å². The molecule has 1 fully saturated rings. The van der Waals surface area contributed by atoms with Crippen LogP contribution in [0.2, 0.25) is 0 Å². The Kier molecular flexibility index (Phi) is 6.50. The molecule has 0 radical (unpaired) electrons. The zero-order chi connectivity index (χ0) is 15.3. The Morgan fingerprint density at radius 2 is 1.90 bits per heavy atom. The quantitative estimate of drug-likeness (QED) is 0.780. The molecule has 0 aromatic carbocycles. The van der Waals surface area contributed by atoms with Crippen molar-refractivity contribution in [2.24, 2.45) is 11.8 Å². The summed E-state index contributed by atoms with van der Waals surface area (Å²) in [5.41, 5.74) is 0. The molecule has 0 bridgehead atoms. The molecule has 1 aliphatic heterocycles. The van der Waals surface area contributed by atoms with Gasteiger partial charge in [0.25, 0.3) is 0 Å². The molecule has 4 nitrogen and oxygen atoms in total. The van der Waals surface area contributed by atoms with Crippen molar-refractivity contribution in [3.05, 3.63) is 0 Å². The van der Waals surface area contributed by atoms with Gasteiger partial charge in [0.1, 0.15) is 12.1 Å². The summed E-state index contributed by atoms with van der Waals surface area (Å²) in [6.45, 7) is 10.9. The number of nitrogens with zero attached hydrogens (tertiary/aromatic N) is 1. The van der Waals surface area contributed by atoms with Gasteiger partial charge in [0.05, 0.1) is 0 Å². The van der Waals surface area contributed by atoms with E-state index in [1.54, 1.807) is 6.92 Å². The van der Waals surface area contributed by atoms with Crippen LogP contribution in [0.4, 0.5) is 0 Å². The van der Waals surface area contributed by atoms with Gasteiger partial charge in [-0.3, -0.25) is 9.59 Å². The largest absolute Gasteiger partial charge is 0.343 e. The fraction of sp³-hybridized carbons (Fsp3) is 0.875. The van der Waals surface area contributed by atoms with Crippen LogP contribution >= 0.6 is 0 Å². The zero-order valence-corrected chi connectivity index (χ0v) is 13.6. The molecular formula is C16H30N2O2. The third kappa shape index (κ3) is 3.97. The molecule has 1 rings (SSSR count). The first-order valence-electron chi connectivity index (χ1n) is 8.03. The minimum Gasteiger partial charge on any atom is -0.343 e. The SMILES string of the molecule is CCCCC(CC)CN1C(=O)C(C)NC(=O)C1C(C)C. The second kappa shape index (κ2) is 7.65. The fourth-order valence-corrected chi connectivity index (χ4v) is 2.95. The molecule has 4 heteroatoms. The molecule has 1 aliphatic rings. The Bertz CT molecular complexity index is 341. The first-order chi connectivity index (χ1) is 9.42. The first kappa shape index (κ1) is 17.0. The molecule has 3 atom stereocenters. The number of hydrogen-bond donors (Lipinski definition) is 1. The van der Waals surface area contributed by atoms with Crippen molar-refractivity contribution in [1.29, 1.82) is 0 Å². The van der Waals surface area contributed by atoms with Crippen molar-refractivity contribution < 1.29 is 9.59 Å².